The Kier molecular flexibility index (Phi) is 6.19. The van der Waals surface area contributed by atoms with Crippen LogP contribution in [0.2, 0.25) is 0 Å². The highest BCUT2D eigenvalue weighted by atomic mass is 79.9. The molecular formula is C13H19BrO3. The van der Waals surface area contributed by atoms with E-state index in [0.29, 0.717) is 12.4 Å². The maximum Gasteiger partial charge on any atom is 0.203 e. The lowest BCUT2D eigenvalue weighted by molar-refractivity contribution is 0.270. The summed E-state index contributed by atoms with van der Waals surface area (Å²) in [7, 11) is 3.28. The van der Waals surface area contributed by atoms with E-state index < -0.39 is 0 Å². The number of unbranched alkanes of at least 4 members (excludes halogenated alkanes) is 1. The Labute approximate surface area is 111 Å². The van der Waals surface area contributed by atoms with Crippen molar-refractivity contribution in [3.05, 3.63) is 17.7 Å². The summed E-state index contributed by atoms with van der Waals surface area (Å²) in [5.74, 6) is 2.14. The zero-order chi connectivity index (χ0) is 12.7. The smallest absolute Gasteiger partial charge is 0.203 e. The lowest BCUT2D eigenvalue weighted by Crippen LogP contribution is -2.02. The van der Waals surface area contributed by atoms with E-state index in [1.165, 1.54) is 0 Å². The largest absolute Gasteiger partial charge is 0.493 e. The van der Waals surface area contributed by atoms with Gasteiger partial charge in [0.2, 0.25) is 5.75 Å². The molecule has 1 aromatic rings. The van der Waals surface area contributed by atoms with Crippen molar-refractivity contribution >= 4 is 15.9 Å². The van der Waals surface area contributed by atoms with E-state index in [9.17, 15) is 0 Å². The predicted octanol–water partition coefficient (Wildman–Crippen LogP) is 3.57. The fourth-order valence-corrected chi connectivity index (χ4v) is 1.92. The van der Waals surface area contributed by atoms with Crippen LogP contribution in [-0.4, -0.2) is 26.2 Å². The third-order valence-corrected chi connectivity index (χ3v) is 2.94. The second-order valence-corrected chi connectivity index (χ2v) is 4.54. The van der Waals surface area contributed by atoms with E-state index in [0.717, 1.165) is 35.2 Å². The van der Waals surface area contributed by atoms with Gasteiger partial charge in [0.25, 0.3) is 0 Å². The number of methoxy groups -OCH3 is 2. The quantitative estimate of drug-likeness (QED) is 0.569. The highest BCUT2D eigenvalue weighted by molar-refractivity contribution is 9.09. The molecule has 0 aliphatic rings. The summed E-state index contributed by atoms with van der Waals surface area (Å²) >= 11 is 3.40. The van der Waals surface area contributed by atoms with E-state index in [4.69, 9.17) is 14.2 Å². The van der Waals surface area contributed by atoms with Gasteiger partial charge in [-0.3, -0.25) is 0 Å². The highest BCUT2D eigenvalue weighted by Gasteiger charge is 2.12. The van der Waals surface area contributed by atoms with Crippen LogP contribution in [0.1, 0.15) is 18.4 Å². The summed E-state index contributed by atoms with van der Waals surface area (Å²) in [5, 5.41) is 0.999. The number of hydrogen-bond donors (Lipinski definition) is 0. The SMILES string of the molecule is COc1cc(C)cc(OC)c1OCCCCBr. The molecule has 0 heterocycles. The third-order valence-electron chi connectivity index (χ3n) is 2.38. The average Bonchev–Trinajstić information content (AvgIpc) is 2.35. The summed E-state index contributed by atoms with van der Waals surface area (Å²) in [6, 6.07) is 3.89. The van der Waals surface area contributed by atoms with Gasteiger partial charge in [-0.1, -0.05) is 15.9 Å². The molecule has 0 unspecified atom stereocenters. The summed E-state index contributed by atoms with van der Waals surface area (Å²) in [5.41, 5.74) is 1.09. The topological polar surface area (TPSA) is 27.7 Å². The Morgan fingerprint density at radius 1 is 1.06 bits per heavy atom. The Morgan fingerprint density at radius 3 is 2.12 bits per heavy atom. The van der Waals surface area contributed by atoms with Crippen molar-refractivity contribution in [1.82, 2.24) is 0 Å². The fourth-order valence-electron chi connectivity index (χ4n) is 1.52. The van der Waals surface area contributed by atoms with Crippen LogP contribution >= 0.6 is 15.9 Å². The standard InChI is InChI=1S/C13H19BrO3/c1-10-8-11(15-2)13(12(9-10)16-3)17-7-5-4-6-14/h8-9H,4-7H2,1-3H3. The molecule has 0 aromatic heterocycles. The van der Waals surface area contributed by atoms with Gasteiger partial charge in [0, 0.05) is 5.33 Å². The molecule has 3 nitrogen and oxygen atoms in total. The van der Waals surface area contributed by atoms with E-state index in [1.807, 2.05) is 19.1 Å². The first-order valence-electron chi connectivity index (χ1n) is 5.64. The molecule has 1 rings (SSSR count). The number of rotatable bonds is 7. The van der Waals surface area contributed by atoms with Crippen LogP contribution in [0.25, 0.3) is 0 Å². The van der Waals surface area contributed by atoms with Crippen LogP contribution in [0.5, 0.6) is 17.2 Å². The Bertz CT molecular complexity index is 328. The second kappa shape index (κ2) is 7.43. The summed E-state index contributed by atoms with van der Waals surface area (Å²) in [6.07, 6.45) is 2.10. The lowest BCUT2D eigenvalue weighted by Gasteiger charge is -2.15. The number of halogens is 1. The Balaban J connectivity index is 2.79. The van der Waals surface area contributed by atoms with E-state index in [-0.39, 0.29) is 0 Å². The number of hydrogen-bond acceptors (Lipinski definition) is 3. The third kappa shape index (κ3) is 4.11. The first-order valence-corrected chi connectivity index (χ1v) is 6.76. The molecule has 0 N–H and O–H groups in total. The monoisotopic (exact) mass is 302 g/mol. The highest BCUT2D eigenvalue weighted by Crippen LogP contribution is 2.38. The molecule has 0 radical (unpaired) electrons. The van der Waals surface area contributed by atoms with Crippen molar-refractivity contribution in [2.75, 3.05) is 26.2 Å². The maximum absolute atomic E-state index is 5.74. The Morgan fingerprint density at radius 2 is 1.65 bits per heavy atom. The molecule has 0 aliphatic carbocycles. The van der Waals surface area contributed by atoms with Crippen molar-refractivity contribution in [2.45, 2.75) is 19.8 Å². The molecule has 0 atom stereocenters. The molecule has 0 aliphatic heterocycles. The van der Waals surface area contributed by atoms with Crippen molar-refractivity contribution in [3.8, 4) is 17.2 Å². The first-order chi connectivity index (χ1) is 8.22. The molecule has 0 saturated heterocycles. The molecule has 17 heavy (non-hydrogen) atoms. The number of aryl methyl sites for hydroxylation is 1. The molecule has 96 valence electrons. The maximum atomic E-state index is 5.74. The normalized spacial score (nSPS) is 10.1. The average molecular weight is 303 g/mol. The van der Waals surface area contributed by atoms with Crippen LogP contribution in [-0.2, 0) is 0 Å². The summed E-state index contributed by atoms with van der Waals surface area (Å²) < 4.78 is 16.4. The van der Waals surface area contributed by atoms with Gasteiger partial charge in [0.05, 0.1) is 20.8 Å². The minimum atomic E-state index is 0.668. The number of benzene rings is 1. The van der Waals surface area contributed by atoms with Gasteiger partial charge < -0.3 is 14.2 Å². The van der Waals surface area contributed by atoms with E-state index >= 15 is 0 Å². The van der Waals surface area contributed by atoms with Crippen molar-refractivity contribution in [1.29, 1.82) is 0 Å². The molecule has 0 bridgehead atoms. The van der Waals surface area contributed by atoms with E-state index in [1.54, 1.807) is 14.2 Å². The minimum absolute atomic E-state index is 0.668. The molecule has 0 saturated carbocycles. The molecule has 0 amide bonds. The molecule has 4 heteroatoms. The van der Waals surface area contributed by atoms with Crippen LogP contribution in [0.3, 0.4) is 0 Å². The minimum Gasteiger partial charge on any atom is -0.493 e. The summed E-state index contributed by atoms with van der Waals surface area (Å²) in [6.45, 7) is 2.67. The molecule has 1 aromatic carbocycles. The van der Waals surface area contributed by atoms with Gasteiger partial charge >= 0.3 is 0 Å². The van der Waals surface area contributed by atoms with Gasteiger partial charge in [0.15, 0.2) is 11.5 Å². The predicted molar refractivity (Wildman–Crippen MR) is 72.8 cm³/mol. The van der Waals surface area contributed by atoms with Gasteiger partial charge in [-0.25, -0.2) is 0 Å². The van der Waals surface area contributed by atoms with Crippen molar-refractivity contribution in [3.63, 3.8) is 0 Å². The van der Waals surface area contributed by atoms with Gasteiger partial charge in [-0.05, 0) is 37.5 Å². The van der Waals surface area contributed by atoms with E-state index in [2.05, 4.69) is 15.9 Å². The van der Waals surface area contributed by atoms with Crippen LogP contribution in [0.4, 0.5) is 0 Å². The van der Waals surface area contributed by atoms with Gasteiger partial charge in [0.1, 0.15) is 0 Å². The van der Waals surface area contributed by atoms with Crippen molar-refractivity contribution < 1.29 is 14.2 Å². The molecule has 0 spiro atoms. The molecule has 0 fully saturated rings. The molecular weight excluding hydrogens is 284 g/mol. The number of alkyl halides is 1. The zero-order valence-electron chi connectivity index (χ0n) is 10.6. The van der Waals surface area contributed by atoms with Crippen LogP contribution in [0, 0.1) is 6.92 Å². The van der Waals surface area contributed by atoms with Crippen LogP contribution in [0.15, 0.2) is 12.1 Å². The van der Waals surface area contributed by atoms with Gasteiger partial charge in [-0.2, -0.15) is 0 Å². The lowest BCUT2D eigenvalue weighted by atomic mass is 10.2. The Hall–Kier alpha value is -0.900. The first kappa shape index (κ1) is 14.2. The van der Waals surface area contributed by atoms with Crippen LogP contribution < -0.4 is 14.2 Å². The van der Waals surface area contributed by atoms with Gasteiger partial charge in [-0.15, -0.1) is 0 Å². The zero-order valence-corrected chi connectivity index (χ0v) is 12.2. The second-order valence-electron chi connectivity index (χ2n) is 3.74. The number of ether oxygens (including phenoxy) is 3. The fraction of sp³-hybridized carbons (Fsp3) is 0.538. The summed E-state index contributed by atoms with van der Waals surface area (Å²) in [4.78, 5) is 0. The van der Waals surface area contributed by atoms with Crippen molar-refractivity contribution in [2.24, 2.45) is 0 Å².